The molecule has 0 amide bonds. The molecule has 0 aliphatic carbocycles. The van der Waals surface area contributed by atoms with Crippen LogP contribution in [-0.2, 0) is 4.79 Å². The minimum absolute atomic E-state index is 0.744. The van der Waals surface area contributed by atoms with Gasteiger partial charge in [0.25, 0.3) is 0 Å². The minimum atomic E-state index is -0.931. The molecule has 1 aromatic rings. The van der Waals surface area contributed by atoms with Gasteiger partial charge in [-0.3, -0.25) is 0 Å². The second kappa shape index (κ2) is 5.07. The number of carbonyl (C=O) groups is 1. The lowest BCUT2D eigenvalue weighted by Gasteiger charge is -2.17. The normalized spacial score (nSPS) is 10.4. The van der Waals surface area contributed by atoms with Crippen molar-refractivity contribution in [2.24, 2.45) is 0 Å². The number of para-hydroxylation sites is 1. The van der Waals surface area contributed by atoms with Crippen LogP contribution in [0.25, 0.3) is 0 Å². The van der Waals surface area contributed by atoms with Crippen LogP contribution < -0.4 is 4.90 Å². The van der Waals surface area contributed by atoms with E-state index in [0.29, 0.717) is 0 Å². The molecule has 3 nitrogen and oxygen atoms in total. The highest BCUT2D eigenvalue weighted by molar-refractivity contribution is 5.80. The molecule has 1 rings (SSSR count). The SMILES string of the molecule is CCN(C=CC(=O)O)c1ccccc1. The monoisotopic (exact) mass is 191 g/mol. The Labute approximate surface area is 83.3 Å². The molecule has 3 heteroatoms. The number of carboxylic acid groups (broad SMARTS) is 1. The summed E-state index contributed by atoms with van der Waals surface area (Å²) in [4.78, 5) is 12.2. The van der Waals surface area contributed by atoms with Crippen molar-refractivity contribution < 1.29 is 9.90 Å². The summed E-state index contributed by atoms with van der Waals surface area (Å²) in [5.41, 5.74) is 0.993. The maximum Gasteiger partial charge on any atom is 0.329 e. The number of rotatable bonds is 4. The largest absolute Gasteiger partial charge is 0.478 e. The molecule has 1 aromatic carbocycles. The number of aliphatic carboxylic acids is 1. The highest BCUT2D eigenvalue weighted by Crippen LogP contribution is 2.12. The molecule has 0 aromatic heterocycles. The average molecular weight is 191 g/mol. The molecule has 0 heterocycles. The second-order valence-corrected chi connectivity index (χ2v) is 2.78. The van der Waals surface area contributed by atoms with Crippen LogP contribution in [0.3, 0.4) is 0 Å². The molecule has 0 saturated heterocycles. The Morgan fingerprint density at radius 2 is 2.07 bits per heavy atom. The fourth-order valence-corrected chi connectivity index (χ4v) is 1.15. The standard InChI is InChI=1S/C11H13NO2/c1-2-12(9-8-11(13)14)10-6-4-3-5-7-10/h3-9H,2H2,1H3,(H,13,14). The lowest BCUT2D eigenvalue weighted by Crippen LogP contribution is -2.15. The molecule has 74 valence electrons. The zero-order valence-electron chi connectivity index (χ0n) is 8.05. The van der Waals surface area contributed by atoms with Crippen LogP contribution in [0, 0.1) is 0 Å². The zero-order chi connectivity index (χ0) is 10.4. The van der Waals surface area contributed by atoms with Crippen molar-refractivity contribution in [2.75, 3.05) is 11.4 Å². The fraction of sp³-hybridized carbons (Fsp3) is 0.182. The van der Waals surface area contributed by atoms with E-state index in [1.54, 1.807) is 6.20 Å². The van der Waals surface area contributed by atoms with Crippen LogP contribution in [0.15, 0.2) is 42.6 Å². The van der Waals surface area contributed by atoms with Gasteiger partial charge in [0, 0.05) is 24.5 Å². The topological polar surface area (TPSA) is 40.5 Å². The molecular formula is C11H13NO2. The highest BCUT2D eigenvalue weighted by atomic mass is 16.4. The van der Waals surface area contributed by atoms with Gasteiger partial charge in [-0.1, -0.05) is 18.2 Å². The van der Waals surface area contributed by atoms with Gasteiger partial charge < -0.3 is 10.0 Å². The summed E-state index contributed by atoms with van der Waals surface area (Å²) < 4.78 is 0. The number of carboxylic acids is 1. The van der Waals surface area contributed by atoms with Gasteiger partial charge >= 0.3 is 5.97 Å². The second-order valence-electron chi connectivity index (χ2n) is 2.78. The summed E-state index contributed by atoms with van der Waals surface area (Å²) in [7, 11) is 0. The maximum absolute atomic E-state index is 10.3. The van der Waals surface area contributed by atoms with Crippen LogP contribution in [0.1, 0.15) is 6.92 Å². The van der Waals surface area contributed by atoms with Gasteiger partial charge in [-0.15, -0.1) is 0 Å². The van der Waals surface area contributed by atoms with E-state index in [4.69, 9.17) is 5.11 Å². The van der Waals surface area contributed by atoms with Gasteiger partial charge in [-0.25, -0.2) is 4.79 Å². The fourth-order valence-electron chi connectivity index (χ4n) is 1.15. The van der Waals surface area contributed by atoms with E-state index in [-0.39, 0.29) is 0 Å². The van der Waals surface area contributed by atoms with E-state index < -0.39 is 5.97 Å². The minimum Gasteiger partial charge on any atom is -0.478 e. The van der Waals surface area contributed by atoms with Crippen molar-refractivity contribution in [3.63, 3.8) is 0 Å². The lowest BCUT2D eigenvalue weighted by atomic mass is 10.3. The third-order valence-electron chi connectivity index (χ3n) is 1.83. The summed E-state index contributed by atoms with van der Waals surface area (Å²) in [5.74, 6) is -0.931. The summed E-state index contributed by atoms with van der Waals surface area (Å²) in [5, 5.41) is 8.49. The summed E-state index contributed by atoms with van der Waals surface area (Å²) in [6, 6.07) is 9.66. The molecule has 0 atom stereocenters. The Morgan fingerprint density at radius 1 is 1.43 bits per heavy atom. The molecule has 0 aliphatic rings. The van der Waals surface area contributed by atoms with E-state index in [0.717, 1.165) is 18.3 Å². The highest BCUT2D eigenvalue weighted by Gasteiger charge is 1.98. The molecule has 1 N–H and O–H groups in total. The number of benzene rings is 1. The Kier molecular flexibility index (Phi) is 3.73. The smallest absolute Gasteiger partial charge is 0.329 e. The zero-order valence-corrected chi connectivity index (χ0v) is 8.05. The molecule has 0 saturated carbocycles. The Hall–Kier alpha value is -1.77. The summed E-state index contributed by atoms with van der Waals surface area (Å²) in [6.45, 7) is 2.72. The molecule has 14 heavy (non-hydrogen) atoms. The first-order valence-electron chi connectivity index (χ1n) is 4.47. The Bertz CT molecular complexity index is 319. The number of hydrogen-bond donors (Lipinski definition) is 1. The predicted octanol–water partition coefficient (Wildman–Crippen LogP) is 2.11. The van der Waals surface area contributed by atoms with E-state index in [9.17, 15) is 4.79 Å². The molecule has 0 radical (unpaired) electrons. The third kappa shape index (κ3) is 2.94. The first kappa shape index (κ1) is 10.3. The quantitative estimate of drug-likeness (QED) is 0.741. The van der Waals surface area contributed by atoms with E-state index >= 15 is 0 Å². The van der Waals surface area contributed by atoms with Gasteiger partial charge in [0.05, 0.1) is 0 Å². The molecule has 0 bridgehead atoms. The van der Waals surface area contributed by atoms with E-state index in [2.05, 4.69) is 0 Å². The molecular weight excluding hydrogens is 178 g/mol. The Morgan fingerprint density at radius 3 is 2.57 bits per heavy atom. The van der Waals surface area contributed by atoms with Gasteiger partial charge in [0.1, 0.15) is 0 Å². The van der Waals surface area contributed by atoms with Crippen LogP contribution in [0.2, 0.25) is 0 Å². The third-order valence-corrected chi connectivity index (χ3v) is 1.83. The van der Waals surface area contributed by atoms with Crippen LogP contribution in [0.4, 0.5) is 5.69 Å². The number of anilines is 1. The van der Waals surface area contributed by atoms with Gasteiger partial charge in [-0.2, -0.15) is 0 Å². The molecule has 0 fully saturated rings. The van der Waals surface area contributed by atoms with Crippen molar-refractivity contribution in [1.82, 2.24) is 0 Å². The van der Waals surface area contributed by atoms with Crippen molar-refractivity contribution in [3.8, 4) is 0 Å². The lowest BCUT2D eigenvalue weighted by molar-refractivity contribution is -0.131. The van der Waals surface area contributed by atoms with Gasteiger partial charge in [0.2, 0.25) is 0 Å². The number of hydrogen-bond acceptors (Lipinski definition) is 2. The predicted molar refractivity (Wildman–Crippen MR) is 56.2 cm³/mol. The van der Waals surface area contributed by atoms with Crippen LogP contribution in [-0.4, -0.2) is 17.6 Å². The van der Waals surface area contributed by atoms with Crippen molar-refractivity contribution >= 4 is 11.7 Å². The first-order valence-corrected chi connectivity index (χ1v) is 4.47. The van der Waals surface area contributed by atoms with Gasteiger partial charge in [0.15, 0.2) is 0 Å². The van der Waals surface area contributed by atoms with Crippen LogP contribution in [0.5, 0.6) is 0 Å². The first-order chi connectivity index (χ1) is 6.74. The molecule has 0 unspecified atom stereocenters. The average Bonchev–Trinajstić information content (AvgIpc) is 2.20. The summed E-state index contributed by atoms with van der Waals surface area (Å²) in [6.07, 6.45) is 2.70. The Balaban J connectivity index is 2.78. The maximum atomic E-state index is 10.3. The summed E-state index contributed by atoms with van der Waals surface area (Å²) >= 11 is 0. The van der Waals surface area contributed by atoms with Crippen molar-refractivity contribution in [2.45, 2.75) is 6.92 Å². The van der Waals surface area contributed by atoms with Crippen LogP contribution >= 0.6 is 0 Å². The van der Waals surface area contributed by atoms with Crippen molar-refractivity contribution in [1.29, 1.82) is 0 Å². The van der Waals surface area contributed by atoms with Gasteiger partial charge in [-0.05, 0) is 19.1 Å². The van der Waals surface area contributed by atoms with E-state index in [1.165, 1.54) is 0 Å². The number of nitrogens with zero attached hydrogens (tertiary/aromatic N) is 1. The van der Waals surface area contributed by atoms with Crippen molar-refractivity contribution in [3.05, 3.63) is 42.6 Å². The molecule has 0 aliphatic heterocycles. The molecule has 0 spiro atoms. The van der Waals surface area contributed by atoms with E-state index in [1.807, 2.05) is 42.2 Å².